The van der Waals surface area contributed by atoms with E-state index in [4.69, 9.17) is 4.52 Å². The van der Waals surface area contributed by atoms with E-state index < -0.39 is 6.03 Å². The summed E-state index contributed by atoms with van der Waals surface area (Å²) in [5.41, 5.74) is 2.56. The zero-order valence-electron chi connectivity index (χ0n) is 15.5. The number of aryl methyl sites for hydroxylation is 2. The van der Waals surface area contributed by atoms with Gasteiger partial charge in [0.2, 0.25) is 5.13 Å². The average Bonchev–Trinajstić information content (AvgIpc) is 3.26. The van der Waals surface area contributed by atoms with Gasteiger partial charge >= 0.3 is 6.03 Å². The smallest absolute Gasteiger partial charge is 0.325 e. The molecule has 0 spiro atoms. The average molecular weight is 428 g/mol. The molecule has 11 heteroatoms. The van der Waals surface area contributed by atoms with Crippen LogP contribution < -0.4 is 16.2 Å². The van der Waals surface area contributed by atoms with Gasteiger partial charge in [-0.3, -0.25) is 10.1 Å². The quantitative estimate of drug-likeness (QED) is 0.368. The molecule has 4 aromatic rings. The second kappa shape index (κ2) is 8.05. The van der Waals surface area contributed by atoms with Crippen LogP contribution in [0.3, 0.4) is 0 Å². The number of urea groups is 1. The molecule has 0 radical (unpaired) electrons. The molecular formula is C18H16N6O3S2. The zero-order valence-corrected chi connectivity index (χ0v) is 17.1. The molecule has 4 rings (SSSR count). The number of hydrogen-bond acceptors (Lipinski definition) is 8. The largest absolute Gasteiger partial charge is 0.375 e. The Bertz CT molecular complexity index is 1250. The van der Waals surface area contributed by atoms with Crippen LogP contribution in [0.25, 0.3) is 5.65 Å². The first kappa shape index (κ1) is 19.2. The Labute approximate surface area is 173 Å². The van der Waals surface area contributed by atoms with Crippen LogP contribution >= 0.6 is 23.1 Å². The Kier molecular flexibility index (Phi) is 5.32. The number of carbonyl (C=O) groups is 1. The van der Waals surface area contributed by atoms with Crippen molar-refractivity contribution >= 4 is 45.6 Å². The highest BCUT2D eigenvalue weighted by Crippen LogP contribution is 2.28. The van der Waals surface area contributed by atoms with Crippen molar-refractivity contribution in [1.82, 2.24) is 19.8 Å². The molecule has 0 bridgehead atoms. The number of nitrogens with one attached hydrogen (secondary N) is 2. The van der Waals surface area contributed by atoms with Crippen LogP contribution in [0.2, 0.25) is 0 Å². The van der Waals surface area contributed by atoms with E-state index in [0.29, 0.717) is 38.0 Å². The molecule has 0 atom stereocenters. The molecule has 2 amide bonds. The number of carbonyl (C=O) groups excluding carboxylic acids is 1. The summed E-state index contributed by atoms with van der Waals surface area (Å²) in [5, 5.41) is 13.8. The van der Waals surface area contributed by atoms with Crippen LogP contribution in [0.1, 0.15) is 17.0 Å². The Hall–Kier alpha value is -3.18. The summed E-state index contributed by atoms with van der Waals surface area (Å²) >= 11 is 2.63. The predicted octanol–water partition coefficient (Wildman–Crippen LogP) is 3.69. The maximum Gasteiger partial charge on any atom is 0.325 e. The fourth-order valence-corrected chi connectivity index (χ4v) is 4.22. The van der Waals surface area contributed by atoms with Gasteiger partial charge in [0.15, 0.2) is 9.99 Å². The third-order valence-corrected chi connectivity index (χ3v) is 5.78. The van der Waals surface area contributed by atoms with Crippen LogP contribution in [0.15, 0.2) is 50.1 Å². The molecular weight excluding hydrogens is 412 g/mol. The topological polar surface area (TPSA) is 114 Å². The van der Waals surface area contributed by atoms with Crippen molar-refractivity contribution in [2.45, 2.75) is 23.9 Å². The van der Waals surface area contributed by atoms with Crippen molar-refractivity contribution < 1.29 is 9.32 Å². The summed E-state index contributed by atoms with van der Waals surface area (Å²) in [6.07, 6.45) is 0. The maximum atomic E-state index is 12.1. The molecule has 1 aromatic carbocycles. The summed E-state index contributed by atoms with van der Waals surface area (Å²) in [6, 6.07) is 10.2. The Morgan fingerprint density at radius 1 is 1.21 bits per heavy atom. The molecule has 0 unspecified atom stereocenters. The van der Waals surface area contributed by atoms with Crippen molar-refractivity contribution in [3.63, 3.8) is 0 Å². The lowest BCUT2D eigenvalue weighted by Gasteiger charge is -2.05. The fourth-order valence-electron chi connectivity index (χ4n) is 2.58. The number of fused-ring (bicyclic) bond motifs is 1. The highest BCUT2D eigenvalue weighted by Gasteiger charge is 2.11. The van der Waals surface area contributed by atoms with Crippen LogP contribution in [0.5, 0.6) is 0 Å². The number of benzene rings is 1. The van der Waals surface area contributed by atoms with Crippen molar-refractivity contribution in [3.8, 4) is 0 Å². The minimum Gasteiger partial charge on any atom is -0.375 e. The van der Waals surface area contributed by atoms with Gasteiger partial charge in [0, 0.05) is 23.6 Å². The van der Waals surface area contributed by atoms with Gasteiger partial charge in [-0.15, -0.1) is 14.8 Å². The molecule has 9 nitrogen and oxygen atoms in total. The monoisotopic (exact) mass is 428 g/mol. The van der Waals surface area contributed by atoms with Crippen molar-refractivity contribution in [3.05, 3.63) is 63.8 Å². The first-order chi connectivity index (χ1) is 14.0. The third kappa shape index (κ3) is 4.63. The van der Waals surface area contributed by atoms with E-state index >= 15 is 0 Å². The molecule has 29 heavy (non-hydrogen) atoms. The van der Waals surface area contributed by atoms with E-state index in [1.807, 2.05) is 31.2 Å². The SMILES string of the molecule is Cc1cccc(NC(=O)Nc2nnc(SCc3cc(=O)n4oc(C)cc4n3)s2)c1. The van der Waals surface area contributed by atoms with Gasteiger partial charge in [-0.25, -0.2) is 9.78 Å². The van der Waals surface area contributed by atoms with Gasteiger partial charge in [0.1, 0.15) is 5.76 Å². The Morgan fingerprint density at radius 2 is 2.07 bits per heavy atom. The van der Waals surface area contributed by atoms with Gasteiger partial charge in [0.25, 0.3) is 5.56 Å². The van der Waals surface area contributed by atoms with Crippen LogP contribution in [-0.2, 0) is 5.75 Å². The van der Waals surface area contributed by atoms with Gasteiger partial charge in [0.05, 0.1) is 5.69 Å². The molecule has 0 fully saturated rings. The van der Waals surface area contributed by atoms with E-state index in [1.165, 1.54) is 29.2 Å². The van der Waals surface area contributed by atoms with Gasteiger partial charge in [-0.05, 0) is 31.5 Å². The van der Waals surface area contributed by atoms with Crippen LogP contribution in [0.4, 0.5) is 15.6 Å². The van der Waals surface area contributed by atoms with Crippen molar-refractivity contribution in [1.29, 1.82) is 0 Å². The number of hydrogen-bond donors (Lipinski definition) is 2. The first-order valence-electron chi connectivity index (χ1n) is 8.57. The number of nitrogens with zero attached hydrogens (tertiary/aromatic N) is 4. The molecule has 0 aliphatic carbocycles. The molecule has 0 saturated carbocycles. The summed E-state index contributed by atoms with van der Waals surface area (Å²) < 4.78 is 7.08. The number of amides is 2. The van der Waals surface area contributed by atoms with Crippen LogP contribution in [0, 0.1) is 13.8 Å². The molecule has 0 aliphatic rings. The van der Waals surface area contributed by atoms with E-state index in [1.54, 1.807) is 13.0 Å². The molecule has 2 N–H and O–H groups in total. The van der Waals surface area contributed by atoms with Crippen molar-refractivity contribution in [2.24, 2.45) is 0 Å². The maximum absolute atomic E-state index is 12.1. The van der Waals surface area contributed by atoms with E-state index in [0.717, 1.165) is 10.1 Å². The third-order valence-electron chi connectivity index (χ3n) is 3.77. The first-order valence-corrected chi connectivity index (χ1v) is 10.4. The Morgan fingerprint density at radius 3 is 2.90 bits per heavy atom. The highest BCUT2D eigenvalue weighted by atomic mass is 32.2. The van der Waals surface area contributed by atoms with Crippen LogP contribution in [-0.4, -0.2) is 25.8 Å². The summed E-state index contributed by atoms with van der Waals surface area (Å²) in [5.74, 6) is 1.06. The second-order valence-electron chi connectivity index (χ2n) is 6.19. The highest BCUT2D eigenvalue weighted by molar-refractivity contribution is 8.00. The number of aromatic nitrogens is 4. The lowest BCUT2D eigenvalue weighted by Crippen LogP contribution is -2.19. The lowest BCUT2D eigenvalue weighted by molar-refractivity contribution is 0.262. The summed E-state index contributed by atoms with van der Waals surface area (Å²) in [7, 11) is 0. The van der Waals surface area contributed by atoms with Gasteiger partial charge in [-0.2, -0.15) is 0 Å². The number of anilines is 2. The fraction of sp³-hybridized carbons (Fsp3) is 0.167. The summed E-state index contributed by atoms with van der Waals surface area (Å²) in [6.45, 7) is 3.71. The molecule has 0 aliphatic heterocycles. The van der Waals surface area contributed by atoms with E-state index in [9.17, 15) is 9.59 Å². The lowest BCUT2D eigenvalue weighted by atomic mass is 10.2. The zero-order chi connectivity index (χ0) is 20.4. The van der Waals surface area contributed by atoms with E-state index in [2.05, 4.69) is 25.8 Å². The molecule has 0 saturated heterocycles. The second-order valence-corrected chi connectivity index (χ2v) is 8.39. The number of rotatable bonds is 5. The minimum absolute atomic E-state index is 0.272. The molecule has 3 heterocycles. The minimum atomic E-state index is -0.390. The molecule has 3 aromatic heterocycles. The Balaban J connectivity index is 1.37. The molecule has 148 valence electrons. The van der Waals surface area contributed by atoms with E-state index in [-0.39, 0.29) is 5.56 Å². The normalized spacial score (nSPS) is 11.0. The van der Waals surface area contributed by atoms with Crippen molar-refractivity contribution in [2.75, 3.05) is 10.6 Å². The predicted molar refractivity (Wildman–Crippen MR) is 112 cm³/mol. The number of thioether (sulfide) groups is 1. The standard InChI is InChI=1S/C18H16N6O3S2/c1-10-4-3-5-12(6-10)20-16(26)21-17-22-23-18(29-17)28-9-13-8-15(25)24-14(19-13)7-11(2)27-24/h3-8H,9H2,1-2H3,(H2,20,21,22,26). The summed E-state index contributed by atoms with van der Waals surface area (Å²) in [4.78, 5) is 28.6. The van der Waals surface area contributed by atoms with Gasteiger partial charge in [-0.1, -0.05) is 35.2 Å². The van der Waals surface area contributed by atoms with Gasteiger partial charge < -0.3 is 9.84 Å².